The van der Waals surface area contributed by atoms with E-state index in [9.17, 15) is 4.79 Å². The summed E-state index contributed by atoms with van der Waals surface area (Å²) in [6, 6.07) is 7.95. The van der Waals surface area contributed by atoms with Crippen molar-refractivity contribution in [3.8, 4) is 5.75 Å². The van der Waals surface area contributed by atoms with Gasteiger partial charge in [-0.05, 0) is 49.3 Å². The van der Waals surface area contributed by atoms with Crippen LogP contribution in [0.15, 0.2) is 28.7 Å². The van der Waals surface area contributed by atoms with Crippen molar-refractivity contribution >= 4 is 5.91 Å². The first-order valence-corrected chi connectivity index (χ1v) is 10.4. The summed E-state index contributed by atoms with van der Waals surface area (Å²) in [6.45, 7) is 2.48. The Morgan fingerprint density at radius 2 is 1.93 bits per heavy atom. The number of aromatic nitrogens is 2. The van der Waals surface area contributed by atoms with Gasteiger partial charge in [0, 0.05) is 46.1 Å². The minimum atomic E-state index is 0.119. The van der Waals surface area contributed by atoms with Gasteiger partial charge in [0.15, 0.2) is 0 Å². The second-order valence-electron chi connectivity index (χ2n) is 7.60. The van der Waals surface area contributed by atoms with Crippen LogP contribution in [0.2, 0.25) is 0 Å². The Morgan fingerprint density at radius 1 is 1.17 bits per heavy atom. The van der Waals surface area contributed by atoms with E-state index in [1.165, 1.54) is 0 Å². The maximum Gasteiger partial charge on any atom is 0.222 e. The van der Waals surface area contributed by atoms with Crippen molar-refractivity contribution in [1.29, 1.82) is 0 Å². The third-order valence-corrected chi connectivity index (χ3v) is 5.46. The minimum Gasteiger partial charge on any atom is -0.497 e. The van der Waals surface area contributed by atoms with Crippen LogP contribution in [0.1, 0.15) is 43.0 Å². The van der Waals surface area contributed by atoms with Crippen LogP contribution in [-0.2, 0) is 28.8 Å². The van der Waals surface area contributed by atoms with E-state index in [-0.39, 0.29) is 5.91 Å². The van der Waals surface area contributed by atoms with Gasteiger partial charge in [0.25, 0.3) is 0 Å². The van der Waals surface area contributed by atoms with Crippen LogP contribution >= 0.6 is 0 Å². The molecule has 0 aliphatic carbocycles. The zero-order valence-electron chi connectivity index (χ0n) is 17.4. The summed E-state index contributed by atoms with van der Waals surface area (Å²) >= 11 is 0. The van der Waals surface area contributed by atoms with Crippen LogP contribution in [0.25, 0.3) is 0 Å². The molecule has 0 atom stereocenters. The van der Waals surface area contributed by atoms with Crippen LogP contribution in [-0.4, -0.2) is 54.9 Å². The molecule has 0 spiro atoms. The molecule has 0 N–H and O–H groups in total. The zero-order valence-corrected chi connectivity index (χ0v) is 17.4. The van der Waals surface area contributed by atoms with E-state index in [0.717, 1.165) is 56.8 Å². The molecule has 1 saturated heterocycles. The number of ether oxygens (including phenoxy) is 2. The molecule has 1 aromatic carbocycles. The van der Waals surface area contributed by atoms with Crippen LogP contribution in [0, 0.1) is 5.92 Å². The predicted molar refractivity (Wildman–Crippen MR) is 109 cm³/mol. The lowest BCUT2D eigenvalue weighted by Gasteiger charge is -2.24. The minimum absolute atomic E-state index is 0.119. The highest BCUT2D eigenvalue weighted by Crippen LogP contribution is 2.19. The van der Waals surface area contributed by atoms with Crippen LogP contribution in [0.5, 0.6) is 5.75 Å². The lowest BCUT2D eigenvalue weighted by Crippen LogP contribution is -2.30. The van der Waals surface area contributed by atoms with Gasteiger partial charge in [-0.25, -0.2) is 0 Å². The average Bonchev–Trinajstić information content (AvgIpc) is 3.23. The van der Waals surface area contributed by atoms with E-state index in [4.69, 9.17) is 13.9 Å². The molecule has 7 nitrogen and oxygen atoms in total. The third-order valence-electron chi connectivity index (χ3n) is 5.46. The molecule has 1 fully saturated rings. The zero-order chi connectivity index (χ0) is 20.5. The van der Waals surface area contributed by atoms with Gasteiger partial charge in [-0.2, -0.15) is 0 Å². The number of methoxy groups -OCH3 is 1. The molecule has 0 unspecified atom stereocenters. The second kappa shape index (κ2) is 11.0. The van der Waals surface area contributed by atoms with Gasteiger partial charge in [-0.3, -0.25) is 4.79 Å². The van der Waals surface area contributed by atoms with Crippen LogP contribution in [0.3, 0.4) is 0 Å². The number of nitrogens with zero attached hydrogens (tertiary/aromatic N) is 3. The molecule has 0 saturated carbocycles. The smallest absolute Gasteiger partial charge is 0.222 e. The number of amides is 1. The molecule has 2 heterocycles. The Hall–Kier alpha value is -2.41. The molecule has 0 radical (unpaired) electrons. The van der Waals surface area contributed by atoms with Gasteiger partial charge < -0.3 is 18.8 Å². The van der Waals surface area contributed by atoms with E-state index in [2.05, 4.69) is 16.3 Å². The molecule has 1 aromatic heterocycles. The number of hydrogen-bond donors (Lipinski definition) is 0. The summed E-state index contributed by atoms with van der Waals surface area (Å²) in [6.07, 6.45) is 5.58. The maximum absolute atomic E-state index is 12.4. The van der Waals surface area contributed by atoms with Crippen LogP contribution < -0.4 is 4.74 Å². The quantitative estimate of drug-likeness (QED) is 0.609. The molecular formula is C22H31N3O4. The van der Waals surface area contributed by atoms with E-state index < -0.39 is 0 Å². The Morgan fingerprint density at radius 3 is 2.69 bits per heavy atom. The van der Waals surface area contributed by atoms with E-state index in [0.29, 0.717) is 37.0 Å². The highest BCUT2D eigenvalue weighted by Gasteiger charge is 2.17. The predicted octanol–water partition coefficient (Wildman–Crippen LogP) is 3.07. The fraction of sp³-hybridized carbons (Fsp3) is 0.591. The Kier molecular flexibility index (Phi) is 8.04. The molecule has 1 amide bonds. The number of carbonyl (C=O) groups is 1. The highest BCUT2D eigenvalue weighted by atomic mass is 16.5. The molecule has 1 aliphatic heterocycles. The topological polar surface area (TPSA) is 77.7 Å². The van der Waals surface area contributed by atoms with Gasteiger partial charge in [0.05, 0.1) is 7.11 Å². The van der Waals surface area contributed by atoms with Crippen molar-refractivity contribution in [2.75, 3.05) is 33.9 Å². The molecule has 2 aromatic rings. The fourth-order valence-electron chi connectivity index (χ4n) is 3.51. The van der Waals surface area contributed by atoms with Crippen molar-refractivity contribution < 1.29 is 18.7 Å². The van der Waals surface area contributed by atoms with E-state index in [1.54, 1.807) is 7.11 Å². The van der Waals surface area contributed by atoms with E-state index >= 15 is 0 Å². The summed E-state index contributed by atoms with van der Waals surface area (Å²) < 4.78 is 16.3. The summed E-state index contributed by atoms with van der Waals surface area (Å²) in [5, 5.41) is 8.20. The molecule has 158 valence electrons. The Bertz CT molecular complexity index is 771. The monoisotopic (exact) mass is 401 g/mol. The van der Waals surface area contributed by atoms with Gasteiger partial charge in [-0.15, -0.1) is 10.2 Å². The normalized spacial score (nSPS) is 14.7. The summed E-state index contributed by atoms with van der Waals surface area (Å²) in [5.74, 6) is 2.75. The molecule has 0 bridgehead atoms. The fourth-order valence-corrected chi connectivity index (χ4v) is 3.51. The first-order valence-electron chi connectivity index (χ1n) is 10.4. The number of benzene rings is 1. The van der Waals surface area contributed by atoms with E-state index in [1.807, 2.05) is 30.1 Å². The molecular weight excluding hydrogens is 370 g/mol. The van der Waals surface area contributed by atoms with Crippen molar-refractivity contribution in [3.05, 3.63) is 41.6 Å². The second-order valence-corrected chi connectivity index (χ2v) is 7.60. The van der Waals surface area contributed by atoms with Crippen molar-refractivity contribution in [1.82, 2.24) is 15.1 Å². The Balaban J connectivity index is 1.38. The number of carbonyl (C=O) groups excluding carboxylic acids is 1. The lowest BCUT2D eigenvalue weighted by atomic mass is 9.96. The number of hydrogen-bond acceptors (Lipinski definition) is 6. The summed E-state index contributed by atoms with van der Waals surface area (Å²) in [4.78, 5) is 14.2. The number of aryl methyl sites for hydroxylation is 3. The molecule has 7 heteroatoms. The highest BCUT2D eigenvalue weighted by molar-refractivity contribution is 5.75. The molecule has 3 rings (SSSR count). The van der Waals surface area contributed by atoms with Crippen molar-refractivity contribution in [3.63, 3.8) is 0 Å². The van der Waals surface area contributed by atoms with Gasteiger partial charge >= 0.3 is 0 Å². The first kappa shape index (κ1) is 21.3. The number of rotatable bonds is 10. The van der Waals surface area contributed by atoms with Gasteiger partial charge in [-0.1, -0.05) is 12.1 Å². The first-order chi connectivity index (χ1) is 14.1. The third kappa shape index (κ3) is 6.85. The van der Waals surface area contributed by atoms with Crippen molar-refractivity contribution in [2.45, 2.75) is 44.9 Å². The average molecular weight is 402 g/mol. The van der Waals surface area contributed by atoms with Crippen molar-refractivity contribution in [2.24, 2.45) is 5.92 Å². The maximum atomic E-state index is 12.4. The van der Waals surface area contributed by atoms with Gasteiger partial charge in [0.2, 0.25) is 17.7 Å². The molecule has 29 heavy (non-hydrogen) atoms. The standard InChI is InChI=1S/C22H31N3O4/c1-25(13-10-17-11-14-28-15-12-17)22(26)9-8-21-24-23-20(29-21)7-6-18-4-3-5-19(16-18)27-2/h3-5,16-17H,6-15H2,1-2H3. The van der Waals surface area contributed by atoms with Gasteiger partial charge in [0.1, 0.15) is 5.75 Å². The largest absolute Gasteiger partial charge is 0.497 e. The lowest BCUT2D eigenvalue weighted by molar-refractivity contribution is -0.130. The summed E-state index contributed by atoms with van der Waals surface area (Å²) in [5.41, 5.74) is 1.16. The Labute approximate surface area is 172 Å². The SMILES string of the molecule is COc1cccc(CCc2nnc(CCC(=O)N(C)CCC3CCOCC3)o2)c1. The summed E-state index contributed by atoms with van der Waals surface area (Å²) in [7, 11) is 3.53. The molecule has 1 aliphatic rings. The van der Waals surface area contributed by atoms with Crippen LogP contribution in [0.4, 0.5) is 0 Å².